The van der Waals surface area contributed by atoms with Gasteiger partial charge in [-0.1, -0.05) is 22.0 Å². The molecule has 1 saturated heterocycles. The summed E-state index contributed by atoms with van der Waals surface area (Å²) in [4.78, 5) is 16.7. The van der Waals surface area contributed by atoms with Gasteiger partial charge in [-0.25, -0.2) is 4.79 Å². The van der Waals surface area contributed by atoms with Gasteiger partial charge in [0.05, 0.1) is 0 Å². The molecule has 1 fully saturated rings. The second-order valence-electron chi connectivity index (χ2n) is 6.26. The number of aryl methyl sites for hydroxylation is 2. The first-order chi connectivity index (χ1) is 11.5. The van der Waals surface area contributed by atoms with Crippen LogP contribution in [0.15, 0.2) is 46.9 Å². The molecule has 126 valence electrons. The van der Waals surface area contributed by atoms with Crippen molar-refractivity contribution in [3.8, 4) is 0 Å². The van der Waals surface area contributed by atoms with Crippen molar-refractivity contribution in [2.75, 3.05) is 36.4 Å². The molecule has 2 amide bonds. The summed E-state index contributed by atoms with van der Waals surface area (Å²) in [6.07, 6.45) is 0. The maximum Gasteiger partial charge on any atom is 0.321 e. The van der Waals surface area contributed by atoms with Crippen LogP contribution in [0.5, 0.6) is 0 Å². The maximum absolute atomic E-state index is 12.5. The summed E-state index contributed by atoms with van der Waals surface area (Å²) >= 11 is 3.46. The minimum absolute atomic E-state index is 0.0181. The van der Waals surface area contributed by atoms with E-state index in [4.69, 9.17) is 0 Å². The molecule has 2 aromatic rings. The smallest absolute Gasteiger partial charge is 0.321 e. The highest BCUT2D eigenvalue weighted by Crippen LogP contribution is 2.20. The van der Waals surface area contributed by atoms with E-state index in [9.17, 15) is 4.79 Å². The number of carbonyl (C=O) groups excluding carboxylic acids is 1. The van der Waals surface area contributed by atoms with E-state index in [1.54, 1.807) is 0 Å². The molecule has 0 bridgehead atoms. The van der Waals surface area contributed by atoms with Crippen LogP contribution in [-0.4, -0.2) is 37.1 Å². The average Bonchev–Trinajstić information content (AvgIpc) is 2.55. The van der Waals surface area contributed by atoms with Crippen molar-refractivity contribution in [1.82, 2.24) is 4.90 Å². The highest BCUT2D eigenvalue weighted by molar-refractivity contribution is 9.10. The largest absolute Gasteiger partial charge is 0.368 e. The van der Waals surface area contributed by atoms with Crippen molar-refractivity contribution in [2.24, 2.45) is 0 Å². The molecular formula is C19H22BrN3O. The standard InChI is InChI=1S/C19H22BrN3O/c1-14-11-15(2)13-17(12-14)21-19(24)23-9-7-22(8-10-23)18-5-3-16(20)4-6-18/h3-6,11-13H,7-10H2,1-2H3,(H,21,24). The molecule has 0 spiro atoms. The summed E-state index contributed by atoms with van der Waals surface area (Å²) in [6, 6.07) is 14.4. The number of hydrogen-bond acceptors (Lipinski definition) is 2. The lowest BCUT2D eigenvalue weighted by atomic mass is 10.1. The molecule has 5 heteroatoms. The number of rotatable bonds is 2. The first kappa shape index (κ1) is 16.8. The minimum Gasteiger partial charge on any atom is -0.368 e. The zero-order chi connectivity index (χ0) is 17.1. The van der Waals surface area contributed by atoms with Crippen LogP contribution in [0.1, 0.15) is 11.1 Å². The Kier molecular flexibility index (Phi) is 5.09. The third kappa shape index (κ3) is 4.09. The van der Waals surface area contributed by atoms with Crippen molar-refractivity contribution >= 4 is 33.3 Å². The SMILES string of the molecule is Cc1cc(C)cc(NC(=O)N2CCN(c3ccc(Br)cc3)CC2)c1. The van der Waals surface area contributed by atoms with Gasteiger partial charge in [0.15, 0.2) is 0 Å². The van der Waals surface area contributed by atoms with E-state index in [0.29, 0.717) is 0 Å². The van der Waals surface area contributed by atoms with Gasteiger partial charge in [0.2, 0.25) is 0 Å². The summed E-state index contributed by atoms with van der Waals surface area (Å²) in [5.41, 5.74) is 4.39. The normalized spacial score (nSPS) is 14.6. The Labute approximate surface area is 151 Å². The van der Waals surface area contributed by atoms with E-state index in [2.05, 4.69) is 56.5 Å². The number of nitrogens with one attached hydrogen (secondary N) is 1. The predicted molar refractivity (Wildman–Crippen MR) is 103 cm³/mol. The lowest BCUT2D eigenvalue weighted by Gasteiger charge is -2.36. The quantitative estimate of drug-likeness (QED) is 0.827. The summed E-state index contributed by atoms with van der Waals surface area (Å²) in [5, 5.41) is 3.02. The van der Waals surface area contributed by atoms with Crippen molar-refractivity contribution in [2.45, 2.75) is 13.8 Å². The van der Waals surface area contributed by atoms with Gasteiger partial charge in [-0.05, 0) is 61.4 Å². The minimum atomic E-state index is -0.0181. The Morgan fingerprint density at radius 1 is 0.958 bits per heavy atom. The van der Waals surface area contributed by atoms with Gasteiger partial charge in [-0.3, -0.25) is 0 Å². The van der Waals surface area contributed by atoms with Crippen molar-refractivity contribution in [3.05, 3.63) is 58.1 Å². The van der Waals surface area contributed by atoms with Crippen LogP contribution >= 0.6 is 15.9 Å². The van der Waals surface area contributed by atoms with Gasteiger partial charge >= 0.3 is 6.03 Å². The number of benzene rings is 2. The number of urea groups is 1. The first-order valence-electron chi connectivity index (χ1n) is 8.16. The fraction of sp³-hybridized carbons (Fsp3) is 0.316. The van der Waals surface area contributed by atoms with Gasteiger partial charge in [0.25, 0.3) is 0 Å². The number of anilines is 2. The first-order valence-corrected chi connectivity index (χ1v) is 8.95. The number of piperazine rings is 1. The fourth-order valence-corrected chi connectivity index (χ4v) is 3.33. The van der Waals surface area contributed by atoms with Crippen LogP contribution < -0.4 is 10.2 Å². The molecule has 2 aromatic carbocycles. The molecule has 4 nitrogen and oxygen atoms in total. The number of amides is 2. The monoisotopic (exact) mass is 387 g/mol. The molecule has 0 atom stereocenters. The predicted octanol–water partition coefficient (Wildman–Crippen LogP) is 4.42. The van der Waals surface area contributed by atoms with E-state index in [1.165, 1.54) is 5.69 Å². The Balaban J connectivity index is 1.57. The molecule has 0 radical (unpaired) electrons. The average molecular weight is 388 g/mol. The summed E-state index contributed by atoms with van der Waals surface area (Å²) in [6.45, 7) is 7.24. The molecule has 1 heterocycles. The second-order valence-corrected chi connectivity index (χ2v) is 7.17. The Morgan fingerprint density at radius 2 is 1.54 bits per heavy atom. The molecule has 3 rings (SSSR count). The van der Waals surface area contributed by atoms with Crippen LogP contribution in [0.3, 0.4) is 0 Å². The van der Waals surface area contributed by atoms with Crippen LogP contribution in [0, 0.1) is 13.8 Å². The molecule has 1 aliphatic rings. The molecule has 0 unspecified atom stereocenters. The Bertz CT molecular complexity index is 702. The van der Waals surface area contributed by atoms with E-state index < -0.39 is 0 Å². The number of hydrogen-bond donors (Lipinski definition) is 1. The van der Waals surface area contributed by atoms with Crippen LogP contribution in [0.2, 0.25) is 0 Å². The van der Waals surface area contributed by atoms with Crippen LogP contribution in [-0.2, 0) is 0 Å². The van der Waals surface area contributed by atoms with E-state index in [1.807, 2.05) is 30.9 Å². The highest BCUT2D eigenvalue weighted by atomic mass is 79.9. The summed E-state index contributed by atoms with van der Waals surface area (Å²) in [5.74, 6) is 0. The van der Waals surface area contributed by atoms with E-state index in [-0.39, 0.29) is 6.03 Å². The van der Waals surface area contributed by atoms with Crippen LogP contribution in [0.25, 0.3) is 0 Å². The summed E-state index contributed by atoms with van der Waals surface area (Å²) < 4.78 is 1.08. The van der Waals surface area contributed by atoms with Crippen molar-refractivity contribution < 1.29 is 4.79 Å². The zero-order valence-corrected chi connectivity index (χ0v) is 15.6. The molecule has 0 aliphatic carbocycles. The Morgan fingerprint density at radius 3 is 2.12 bits per heavy atom. The van der Waals surface area contributed by atoms with Gasteiger partial charge in [0.1, 0.15) is 0 Å². The molecule has 1 aliphatic heterocycles. The third-order valence-electron chi connectivity index (χ3n) is 4.23. The zero-order valence-electron chi connectivity index (χ0n) is 14.1. The number of nitrogens with zero attached hydrogens (tertiary/aromatic N) is 2. The molecule has 24 heavy (non-hydrogen) atoms. The third-order valence-corrected chi connectivity index (χ3v) is 4.76. The Hall–Kier alpha value is -2.01. The number of carbonyl (C=O) groups is 1. The number of halogens is 1. The van der Waals surface area contributed by atoms with Gasteiger partial charge < -0.3 is 15.1 Å². The second kappa shape index (κ2) is 7.26. The van der Waals surface area contributed by atoms with Crippen molar-refractivity contribution in [3.63, 3.8) is 0 Å². The maximum atomic E-state index is 12.5. The fourth-order valence-electron chi connectivity index (χ4n) is 3.07. The molecule has 0 aromatic heterocycles. The topological polar surface area (TPSA) is 35.6 Å². The summed E-state index contributed by atoms with van der Waals surface area (Å²) in [7, 11) is 0. The van der Waals surface area contributed by atoms with E-state index >= 15 is 0 Å². The molecule has 1 N–H and O–H groups in total. The van der Waals surface area contributed by atoms with Crippen molar-refractivity contribution in [1.29, 1.82) is 0 Å². The van der Waals surface area contributed by atoms with Crippen LogP contribution in [0.4, 0.5) is 16.2 Å². The van der Waals surface area contributed by atoms with Gasteiger partial charge in [-0.2, -0.15) is 0 Å². The lowest BCUT2D eigenvalue weighted by Crippen LogP contribution is -2.50. The van der Waals surface area contributed by atoms with E-state index in [0.717, 1.165) is 47.5 Å². The highest BCUT2D eigenvalue weighted by Gasteiger charge is 2.21. The molecule has 0 saturated carbocycles. The lowest BCUT2D eigenvalue weighted by molar-refractivity contribution is 0.208. The van der Waals surface area contributed by atoms with Gasteiger partial charge in [0, 0.05) is 42.0 Å². The van der Waals surface area contributed by atoms with Gasteiger partial charge in [-0.15, -0.1) is 0 Å². The molecular weight excluding hydrogens is 366 g/mol.